The van der Waals surface area contributed by atoms with Crippen molar-refractivity contribution in [2.24, 2.45) is 0 Å². The van der Waals surface area contributed by atoms with Crippen LogP contribution in [0.1, 0.15) is 16.7 Å². The van der Waals surface area contributed by atoms with E-state index in [0.717, 1.165) is 16.9 Å². The number of benzene rings is 1. The molecule has 1 aromatic carbocycles. The van der Waals surface area contributed by atoms with E-state index in [2.05, 4.69) is 37.0 Å². The van der Waals surface area contributed by atoms with Crippen LogP contribution in [0.3, 0.4) is 0 Å². The first-order valence-corrected chi connectivity index (χ1v) is 5.34. The Labute approximate surface area is 95.9 Å². The quantitative estimate of drug-likeness (QED) is 0.780. The van der Waals surface area contributed by atoms with Gasteiger partial charge in [-0.1, -0.05) is 18.2 Å². The topological polar surface area (TPSA) is 22.1 Å². The first kappa shape index (κ1) is 10.7. The summed E-state index contributed by atoms with van der Waals surface area (Å²) in [6.45, 7) is 4.69. The van der Waals surface area contributed by atoms with Gasteiger partial charge < -0.3 is 4.74 Å². The molecule has 0 radical (unpaired) electrons. The summed E-state index contributed by atoms with van der Waals surface area (Å²) in [7, 11) is 0. The summed E-state index contributed by atoms with van der Waals surface area (Å²) in [5.74, 6) is 0.948. The van der Waals surface area contributed by atoms with Crippen LogP contribution in [0.4, 0.5) is 0 Å². The molecule has 1 aromatic heterocycles. The number of aryl methyl sites for hydroxylation is 2. The molecule has 0 aliphatic carbocycles. The van der Waals surface area contributed by atoms with Gasteiger partial charge in [0.15, 0.2) is 0 Å². The number of pyridine rings is 1. The van der Waals surface area contributed by atoms with Crippen molar-refractivity contribution in [1.82, 2.24) is 4.98 Å². The number of hydrogen-bond acceptors (Lipinski definition) is 2. The Hall–Kier alpha value is -1.83. The maximum atomic E-state index is 5.76. The number of ether oxygens (including phenoxy) is 1. The van der Waals surface area contributed by atoms with Crippen molar-refractivity contribution in [3.05, 3.63) is 59.4 Å². The predicted molar refractivity (Wildman–Crippen MR) is 64.5 cm³/mol. The zero-order valence-corrected chi connectivity index (χ0v) is 9.60. The molecule has 0 atom stereocenters. The van der Waals surface area contributed by atoms with Crippen molar-refractivity contribution < 1.29 is 4.74 Å². The molecule has 0 saturated carbocycles. The van der Waals surface area contributed by atoms with Crippen LogP contribution in [-0.2, 0) is 6.61 Å². The maximum absolute atomic E-state index is 5.76. The van der Waals surface area contributed by atoms with E-state index in [9.17, 15) is 0 Å². The Bertz CT molecular complexity index is 465. The molecule has 2 nitrogen and oxygen atoms in total. The molecule has 16 heavy (non-hydrogen) atoms. The average molecular weight is 213 g/mol. The molecule has 2 rings (SSSR count). The van der Waals surface area contributed by atoms with Gasteiger partial charge in [0, 0.05) is 18.0 Å². The number of aromatic nitrogens is 1. The number of hydrogen-bond donors (Lipinski definition) is 0. The summed E-state index contributed by atoms with van der Waals surface area (Å²) in [5, 5.41) is 0. The first-order chi connectivity index (χ1) is 7.75. The molecule has 0 saturated heterocycles. The molecule has 0 aliphatic heterocycles. The fourth-order valence-electron chi connectivity index (χ4n) is 1.51. The van der Waals surface area contributed by atoms with Gasteiger partial charge in [0.25, 0.3) is 0 Å². The summed E-state index contributed by atoms with van der Waals surface area (Å²) >= 11 is 0. The standard InChI is InChI=1S/C14H15NO/c1-11-5-6-12(2)14(8-11)16-10-13-4-3-7-15-9-13/h3-9H,10H2,1-2H3. The van der Waals surface area contributed by atoms with Crippen LogP contribution in [0.5, 0.6) is 5.75 Å². The average Bonchev–Trinajstić information content (AvgIpc) is 2.32. The Kier molecular flexibility index (Phi) is 3.20. The Morgan fingerprint density at radius 1 is 1.19 bits per heavy atom. The molecule has 0 fully saturated rings. The maximum Gasteiger partial charge on any atom is 0.122 e. The normalized spacial score (nSPS) is 10.1. The third-order valence-electron chi connectivity index (χ3n) is 2.46. The highest BCUT2D eigenvalue weighted by Crippen LogP contribution is 2.20. The van der Waals surface area contributed by atoms with E-state index >= 15 is 0 Å². The summed E-state index contributed by atoms with van der Waals surface area (Å²) < 4.78 is 5.76. The summed E-state index contributed by atoms with van der Waals surface area (Å²) in [6, 6.07) is 10.2. The molecule has 2 aromatic rings. The monoisotopic (exact) mass is 213 g/mol. The van der Waals surface area contributed by atoms with Crippen molar-refractivity contribution in [1.29, 1.82) is 0 Å². The second kappa shape index (κ2) is 4.79. The molecular formula is C14H15NO. The van der Waals surface area contributed by atoms with E-state index in [4.69, 9.17) is 4.74 Å². The number of nitrogens with zero attached hydrogens (tertiary/aromatic N) is 1. The highest BCUT2D eigenvalue weighted by Gasteiger charge is 2.00. The molecule has 0 aliphatic rings. The molecule has 1 heterocycles. The summed E-state index contributed by atoms with van der Waals surface area (Å²) in [6.07, 6.45) is 3.59. The second-order valence-electron chi connectivity index (χ2n) is 3.92. The Morgan fingerprint density at radius 3 is 2.81 bits per heavy atom. The van der Waals surface area contributed by atoms with E-state index in [1.165, 1.54) is 5.56 Å². The Balaban J connectivity index is 2.08. The van der Waals surface area contributed by atoms with Crippen molar-refractivity contribution in [3.8, 4) is 5.75 Å². The second-order valence-corrected chi connectivity index (χ2v) is 3.92. The van der Waals surface area contributed by atoms with Crippen LogP contribution < -0.4 is 4.74 Å². The lowest BCUT2D eigenvalue weighted by molar-refractivity contribution is 0.303. The highest BCUT2D eigenvalue weighted by molar-refractivity contribution is 5.36. The molecular weight excluding hydrogens is 198 g/mol. The van der Waals surface area contributed by atoms with E-state index < -0.39 is 0 Å². The van der Waals surface area contributed by atoms with Crippen molar-refractivity contribution in [2.75, 3.05) is 0 Å². The lowest BCUT2D eigenvalue weighted by Crippen LogP contribution is -1.97. The van der Waals surface area contributed by atoms with Crippen LogP contribution in [0.15, 0.2) is 42.7 Å². The smallest absolute Gasteiger partial charge is 0.122 e. The van der Waals surface area contributed by atoms with Crippen molar-refractivity contribution in [3.63, 3.8) is 0 Å². The first-order valence-electron chi connectivity index (χ1n) is 5.34. The molecule has 0 amide bonds. The van der Waals surface area contributed by atoms with Crippen LogP contribution >= 0.6 is 0 Å². The minimum Gasteiger partial charge on any atom is -0.489 e. The lowest BCUT2D eigenvalue weighted by atomic mass is 10.1. The number of rotatable bonds is 3. The minimum absolute atomic E-state index is 0.568. The molecule has 2 heteroatoms. The summed E-state index contributed by atoms with van der Waals surface area (Å²) in [4.78, 5) is 4.06. The van der Waals surface area contributed by atoms with Gasteiger partial charge in [-0.25, -0.2) is 0 Å². The van der Waals surface area contributed by atoms with E-state index in [1.54, 1.807) is 6.20 Å². The largest absolute Gasteiger partial charge is 0.489 e. The van der Waals surface area contributed by atoms with Gasteiger partial charge in [0.1, 0.15) is 12.4 Å². The zero-order chi connectivity index (χ0) is 11.4. The van der Waals surface area contributed by atoms with Gasteiger partial charge in [-0.05, 0) is 37.1 Å². The van der Waals surface area contributed by atoms with Gasteiger partial charge in [-0.3, -0.25) is 4.98 Å². The molecule has 0 N–H and O–H groups in total. The minimum atomic E-state index is 0.568. The van der Waals surface area contributed by atoms with Gasteiger partial charge in [0.05, 0.1) is 0 Å². The summed E-state index contributed by atoms with van der Waals surface area (Å²) in [5.41, 5.74) is 3.46. The van der Waals surface area contributed by atoms with E-state index in [-0.39, 0.29) is 0 Å². The highest BCUT2D eigenvalue weighted by atomic mass is 16.5. The third-order valence-corrected chi connectivity index (χ3v) is 2.46. The Morgan fingerprint density at radius 2 is 2.06 bits per heavy atom. The third kappa shape index (κ3) is 2.60. The van der Waals surface area contributed by atoms with E-state index in [1.807, 2.05) is 18.3 Å². The molecule has 0 unspecified atom stereocenters. The van der Waals surface area contributed by atoms with E-state index in [0.29, 0.717) is 6.61 Å². The van der Waals surface area contributed by atoms with Gasteiger partial charge in [-0.15, -0.1) is 0 Å². The lowest BCUT2D eigenvalue weighted by Gasteiger charge is -2.09. The van der Waals surface area contributed by atoms with Crippen LogP contribution in [0.25, 0.3) is 0 Å². The SMILES string of the molecule is Cc1ccc(C)c(OCc2cccnc2)c1. The van der Waals surface area contributed by atoms with Crippen molar-refractivity contribution in [2.45, 2.75) is 20.5 Å². The fraction of sp³-hybridized carbons (Fsp3) is 0.214. The molecule has 0 bridgehead atoms. The van der Waals surface area contributed by atoms with Crippen LogP contribution in [0, 0.1) is 13.8 Å². The molecule has 82 valence electrons. The van der Waals surface area contributed by atoms with Crippen LogP contribution in [-0.4, -0.2) is 4.98 Å². The van der Waals surface area contributed by atoms with Crippen molar-refractivity contribution >= 4 is 0 Å². The predicted octanol–water partition coefficient (Wildman–Crippen LogP) is 3.28. The zero-order valence-electron chi connectivity index (χ0n) is 9.60. The van der Waals surface area contributed by atoms with Gasteiger partial charge in [0.2, 0.25) is 0 Å². The van der Waals surface area contributed by atoms with Crippen LogP contribution in [0.2, 0.25) is 0 Å². The van der Waals surface area contributed by atoms with Gasteiger partial charge >= 0.3 is 0 Å². The molecule has 0 spiro atoms. The fourth-order valence-corrected chi connectivity index (χ4v) is 1.51. The van der Waals surface area contributed by atoms with Gasteiger partial charge in [-0.2, -0.15) is 0 Å².